The van der Waals surface area contributed by atoms with Crippen molar-refractivity contribution in [2.24, 2.45) is 5.92 Å². The first-order valence-corrected chi connectivity index (χ1v) is 10.3. The first-order valence-electron chi connectivity index (χ1n) is 10.3. The summed E-state index contributed by atoms with van der Waals surface area (Å²) >= 11 is 0. The summed E-state index contributed by atoms with van der Waals surface area (Å²) in [6.07, 6.45) is 6.65. The average molecular weight is 357 g/mol. The summed E-state index contributed by atoms with van der Waals surface area (Å²) < 4.78 is 11.7. The number of fused-ring (bicyclic) bond motifs is 3. The molecule has 0 saturated heterocycles. The number of hydrogen-bond acceptors (Lipinski definition) is 3. The number of ether oxygens (including phenoxy) is 2. The summed E-state index contributed by atoms with van der Waals surface area (Å²) in [6, 6.07) is 4.48. The monoisotopic (exact) mass is 357 g/mol. The Kier molecular flexibility index (Phi) is 4.62. The summed E-state index contributed by atoms with van der Waals surface area (Å²) in [4.78, 5) is 15.4. The first-order chi connectivity index (χ1) is 12.6. The second kappa shape index (κ2) is 6.79. The molecule has 0 bridgehead atoms. The zero-order valence-electron chi connectivity index (χ0n) is 16.3. The van der Waals surface area contributed by atoms with Gasteiger partial charge in [-0.05, 0) is 55.9 Å². The molecule has 4 nitrogen and oxygen atoms in total. The molecule has 1 aliphatic carbocycles. The van der Waals surface area contributed by atoms with Gasteiger partial charge in [0.25, 0.3) is 0 Å². The number of nitrogens with zero attached hydrogens (tertiary/aromatic N) is 1. The highest BCUT2D eigenvalue weighted by molar-refractivity contribution is 5.80. The third-order valence-electron chi connectivity index (χ3n) is 6.85. The second-order valence-electron chi connectivity index (χ2n) is 8.23. The van der Waals surface area contributed by atoms with Gasteiger partial charge in [-0.3, -0.25) is 4.79 Å². The van der Waals surface area contributed by atoms with Crippen LogP contribution in [0.3, 0.4) is 0 Å². The summed E-state index contributed by atoms with van der Waals surface area (Å²) in [5.41, 5.74) is 2.77. The normalized spacial score (nSPS) is 23.4. The summed E-state index contributed by atoms with van der Waals surface area (Å²) in [7, 11) is 0. The Bertz CT molecular complexity index is 689. The van der Waals surface area contributed by atoms with E-state index in [2.05, 4.69) is 37.8 Å². The minimum absolute atomic E-state index is 0.0966. The molecule has 0 radical (unpaired) electrons. The van der Waals surface area contributed by atoms with E-state index in [0.717, 1.165) is 30.9 Å². The Morgan fingerprint density at radius 3 is 2.38 bits per heavy atom. The topological polar surface area (TPSA) is 38.8 Å². The van der Waals surface area contributed by atoms with Crippen molar-refractivity contribution >= 4 is 5.91 Å². The molecule has 26 heavy (non-hydrogen) atoms. The lowest BCUT2D eigenvalue weighted by Crippen LogP contribution is -2.50. The van der Waals surface area contributed by atoms with Crippen molar-refractivity contribution in [1.29, 1.82) is 0 Å². The molecule has 4 heteroatoms. The Balaban J connectivity index is 1.79. The summed E-state index contributed by atoms with van der Waals surface area (Å²) in [5.74, 6) is 2.18. The molecular formula is C22H31NO3. The summed E-state index contributed by atoms with van der Waals surface area (Å²) in [6.45, 7) is 8.51. The van der Waals surface area contributed by atoms with Crippen molar-refractivity contribution in [2.75, 3.05) is 19.8 Å². The number of amides is 1. The van der Waals surface area contributed by atoms with Crippen molar-refractivity contribution in [2.45, 2.75) is 70.8 Å². The molecule has 142 valence electrons. The molecule has 1 atom stereocenters. The van der Waals surface area contributed by atoms with Crippen molar-refractivity contribution in [3.8, 4) is 11.5 Å². The number of benzene rings is 1. The largest absolute Gasteiger partial charge is 0.486 e. The lowest BCUT2D eigenvalue weighted by molar-refractivity contribution is -0.139. The Hall–Kier alpha value is -1.71. The first kappa shape index (κ1) is 17.7. The molecule has 2 aliphatic heterocycles. The number of hydrogen-bond donors (Lipinski definition) is 0. The molecule has 1 saturated carbocycles. The molecule has 1 amide bonds. The molecule has 1 aromatic carbocycles. The van der Waals surface area contributed by atoms with Crippen molar-refractivity contribution < 1.29 is 14.3 Å². The van der Waals surface area contributed by atoms with Gasteiger partial charge in [0, 0.05) is 17.9 Å². The summed E-state index contributed by atoms with van der Waals surface area (Å²) in [5, 5.41) is 0. The molecule has 1 aromatic rings. The van der Waals surface area contributed by atoms with Crippen LogP contribution in [0.5, 0.6) is 11.5 Å². The van der Waals surface area contributed by atoms with Crippen LogP contribution in [-0.4, -0.2) is 30.6 Å². The van der Waals surface area contributed by atoms with E-state index >= 15 is 0 Å². The van der Waals surface area contributed by atoms with Crippen LogP contribution in [0.4, 0.5) is 0 Å². The fourth-order valence-electron chi connectivity index (χ4n) is 5.25. The van der Waals surface area contributed by atoms with Crippen LogP contribution >= 0.6 is 0 Å². The molecular weight excluding hydrogens is 326 g/mol. The minimum atomic E-state index is 0.0966. The molecule has 1 fully saturated rings. The van der Waals surface area contributed by atoms with Gasteiger partial charge in [0.2, 0.25) is 5.91 Å². The van der Waals surface area contributed by atoms with Crippen molar-refractivity contribution in [1.82, 2.24) is 4.90 Å². The Morgan fingerprint density at radius 1 is 1.15 bits per heavy atom. The van der Waals surface area contributed by atoms with E-state index in [9.17, 15) is 4.79 Å². The van der Waals surface area contributed by atoms with Gasteiger partial charge in [-0.25, -0.2) is 0 Å². The zero-order valence-corrected chi connectivity index (χ0v) is 16.3. The molecule has 0 aromatic heterocycles. The second-order valence-corrected chi connectivity index (χ2v) is 8.23. The maximum absolute atomic E-state index is 13.3. The fourth-order valence-corrected chi connectivity index (χ4v) is 5.25. The lowest BCUT2D eigenvalue weighted by Gasteiger charge is -2.47. The molecule has 1 unspecified atom stereocenters. The van der Waals surface area contributed by atoms with Crippen LogP contribution in [-0.2, 0) is 10.2 Å². The maximum Gasteiger partial charge on any atom is 0.226 e. The van der Waals surface area contributed by atoms with Crippen LogP contribution < -0.4 is 9.47 Å². The highest BCUT2D eigenvalue weighted by Gasteiger charge is 2.46. The zero-order chi connectivity index (χ0) is 18.3. The Labute approximate surface area is 156 Å². The van der Waals surface area contributed by atoms with E-state index in [1.807, 2.05) is 0 Å². The smallest absolute Gasteiger partial charge is 0.226 e. The van der Waals surface area contributed by atoms with E-state index < -0.39 is 0 Å². The van der Waals surface area contributed by atoms with Gasteiger partial charge in [-0.1, -0.05) is 26.7 Å². The van der Waals surface area contributed by atoms with Gasteiger partial charge in [-0.2, -0.15) is 0 Å². The van der Waals surface area contributed by atoms with Gasteiger partial charge in [-0.15, -0.1) is 0 Å². The van der Waals surface area contributed by atoms with Crippen LogP contribution in [0.1, 0.15) is 76.5 Å². The van der Waals surface area contributed by atoms with Crippen LogP contribution in [0.2, 0.25) is 0 Å². The van der Waals surface area contributed by atoms with E-state index in [1.165, 1.54) is 36.8 Å². The predicted octanol–water partition coefficient (Wildman–Crippen LogP) is 4.61. The van der Waals surface area contributed by atoms with E-state index in [1.54, 1.807) is 0 Å². The van der Waals surface area contributed by atoms with Gasteiger partial charge >= 0.3 is 0 Å². The molecule has 1 spiro atoms. The van der Waals surface area contributed by atoms with E-state index in [-0.39, 0.29) is 17.4 Å². The lowest BCUT2D eigenvalue weighted by atomic mass is 9.71. The Morgan fingerprint density at radius 2 is 1.77 bits per heavy atom. The molecule has 3 aliphatic rings. The number of rotatable bonds is 3. The highest BCUT2D eigenvalue weighted by Crippen LogP contribution is 2.52. The van der Waals surface area contributed by atoms with E-state index in [4.69, 9.17) is 9.47 Å². The third kappa shape index (κ3) is 2.69. The van der Waals surface area contributed by atoms with Gasteiger partial charge in [0.15, 0.2) is 11.5 Å². The fraction of sp³-hybridized carbons (Fsp3) is 0.682. The van der Waals surface area contributed by atoms with Gasteiger partial charge in [0.05, 0.1) is 6.04 Å². The SMILES string of the molecule is CCC(CC)C(=O)N1CC2(CCCC2)c2cc3c(cc2C1C)OCCO3. The predicted molar refractivity (Wildman–Crippen MR) is 102 cm³/mol. The molecule has 2 heterocycles. The van der Waals surface area contributed by atoms with Crippen molar-refractivity contribution in [3.63, 3.8) is 0 Å². The van der Waals surface area contributed by atoms with Crippen LogP contribution in [0, 0.1) is 5.92 Å². The number of carbonyl (C=O) groups excluding carboxylic acids is 1. The third-order valence-corrected chi connectivity index (χ3v) is 6.85. The van der Waals surface area contributed by atoms with Crippen LogP contribution in [0.25, 0.3) is 0 Å². The highest BCUT2D eigenvalue weighted by atomic mass is 16.6. The standard InChI is InChI=1S/C22H31NO3/c1-4-16(5-2)21(24)23-14-22(8-6-7-9-22)18-13-20-19(25-10-11-26-20)12-17(18)15(23)3/h12-13,15-16H,4-11,14H2,1-3H3. The van der Waals surface area contributed by atoms with Gasteiger partial charge < -0.3 is 14.4 Å². The van der Waals surface area contributed by atoms with Gasteiger partial charge in [0.1, 0.15) is 13.2 Å². The quantitative estimate of drug-likeness (QED) is 0.793. The average Bonchev–Trinajstić information content (AvgIpc) is 3.14. The molecule has 0 N–H and O–H groups in total. The number of carbonyl (C=O) groups is 1. The maximum atomic E-state index is 13.3. The van der Waals surface area contributed by atoms with Crippen LogP contribution in [0.15, 0.2) is 12.1 Å². The van der Waals surface area contributed by atoms with E-state index in [0.29, 0.717) is 19.1 Å². The van der Waals surface area contributed by atoms with Crippen molar-refractivity contribution in [3.05, 3.63) is 23.3 Å². The molecule has 4 rings (SSSR count). The minimum Gasteiger partial charge on any atom is -0.486 e.